The largest absolute Gasteiger partial charge is 0.493 e. The number of nitrogens with one attached hydrogen (secondary N) is 1. The van der Waals surface area contributed by atoms with Crippen LogP contribution in [0, 0.1) is 14.9 Å². The van der Waals surface area contributed by atoms with Crippen molar-refractivity contribution in [2.45, 2.75) is 26.4 Å². The standard InChI is InChI=1S/C13H17IN2O2/c1-9(2)16-8-10-6-11(14)13(18-5-4-15)12(7-10)17-3/h6-7,9,16H,5,8H2,1-3H3. The van der Waals surface area contributed by atoms with E-state index in [0.717, 1.165) is 15.7 Å². The van der Waals surface area contributed by atoms with Crippen molar-refractivity contribution in [3.63, 3.8) is 0 Å². The molecule has 0 unspecified atom stereocenters. The van der Waals surface area contributed by atoms with Gasteiger partial charge in [-0.1, -0.05) is 13.8 Å². The second kappa shape index (κ2) is 7.44. The zero-order valence-corrected chi connectivity index (χ0v) is 12.9. The Morgan fingerprint density at radius 1 is 1.44 bits per heavy atom. The van der Waals surface area contributed by atoms with Crippen molar-refractivity contribution in [2.75, 3.05) is 13.7 Å². The van der Waals surface area contributed by atoms with Crippen LogP contribution < -0.4 is 14.8 Å². The molecule has 98 valence electrons. The maximum absolute atomic E-state index is 8.55. The van der Waals surface area contributed by atoms with Crippen LogP contribution in [0.3, 0.4) is 0 Å². The number of nitrogens with zero attached hydrogens (tertiary/aromatic N) is 1. The Balaban J connectivity index is 2.92. The van der Waals surface area contributed by atoms with Crippen LogP contribution in [-0.4, -0.2) is 19.8 Å². The van der Waals surface area contributed by atoms with Gasteiger partial charge in [-0.3, -0.25) is 0 Å². The van der Waals surface area contributed by atoms with Gasteiger partial charge in [-0.05, 0) is 40.3 Å². The van der Waals surface area contributed by atoms with Gasteiger partial charge >= 0.3 is 0 Å². The quantitative estimate of drug-likeness (QED) is 0.793. The van der Waals surface area contributed by atoms with Crippen LogP contribution in [0.1, 0.15) is 19.4 Å². The maximum atomic E-state index is 8.55. The van der Waals surface area contributed by atoms with Crippen molar-refractivity contribution in [3.8, 4) is 17.6 Å². The normalized spacial score (nSPS) is 10.2. The van der Waals surface area contributed by atoms with Gasteiger partial charge in [0.15, 0.2) is 18.1 Å². The number of rotatable bonds is 6. The molecule has 0 bridgehead atoms. The van der Waals surface area contributed by atoms with Gasteiger partial charge in [-0.25, -0.2) is 0 Å². The molecule has 0 spiro atoms. The Bertz CT molecular complexity index is 441. The first-order valence-corrected chi connectivity index (χ1v) is 6.76. The van der Waals surface area contributed by atoms with Crippen LogP contribution in [0.15, 0.2) is 12.1 Å². The average Bonchev–Trinajstić information content (AvgIpc) is 2.34. The first-order valence-electron chi connectivity index (χ1n) is 5.68. The van der Waals surface area contributed by atoms with E-state index in [1.54, 1.807) is 7.11 Å². The highest BCUT2D eigenvalue weighted by molar-refractivity contribution is 14.1. The third-order valence-corrected chi connectivity index (χ3v) is 3.09. The van der Waals surface area contributed by atoms with E-state index >= 15 is 0 Å². The minimum Gasteiger partial charge on any atom is -0.493 e. The number of halogens is 1. The lowest BCUT2D eigenvalue weighted by Gasteiger charge is -2.14. The summed E-state index contributed by atoms with van der Waals surface area (Å²) in [6, 6.07) is 6.36. The lowest BCUT2D eigenvalue weighted by atomic mass is 10.2. The molecule has 0 heterocycles. The third-order valence-electron chi connectivity index (χ3n) is 2.28. The highest BCUT2D eigenvalue weighted by Gasteiger charge is 2.11. The highest BCUT2D eigenvalue weighted by atomic mass is 127. The van der Waals surface area contributed by atoms with Gasteiger partial charge in [0.1, 0.15) is 6.07 Å². The van der Waals surface area contributed by atoms with Gasteiger partial charge in [0.25, 0.3) is 0 Å². The van der Waals surface area contributed by atoms with Crippen LogP contribution >= 0.6 is 22.6 Å². The Kier molecular flexibility index (Phi) is 6.22. The summed E-state index contributed by atoms with van der Waals surface area (Å²) < 4.78 is 11.6. The average molecular weight is 360 g/mol. The molecule has 0 radical (unpaired) electrons. The van der Waals surface area contributed by atoms with Crippen molar-refractivity contribution in [1.29, 1.82) is 5.26 Å². The number of ether oxygens (including phenoxy) is 2. The van der Waals surface area contributed by atoms with E-state index in [9.17, 15) is 0 Å². The van der Waals surface area contributed by atoms with E-state index in [-0.39, 0.29) is 6.61 Å². The van der Waals surface area contributed by atoms with Crippen LogP contribution in [-0.2, 0) is 6.54 Å². The smallest absolute Gasteiger partial charge is 0.176 e. The van der Waals surface area contributed by atoms with E-state index in [0.29, 0.717) is 17.5 Å². The molecule has 5 heteroatoms. The summed E-state index contributed by atoms with van der Waals surface area (Å²) in [7, 11) is 1.60. The molecule has 18 heavy (non-hydrogen) atoms. The molecule has 0 saturated carbocycles. The highest BCUT2D eigenvalue weighted by Crippen LogP contribution is 2.33. The lowest BCUT2D eigenvalue weighted by molar-refractivity contribution is 0.327. The fourth-order valence-electron chi connectivity index (χ4n) is 1.44. The van der Waals surface area contributed by atoms with E-state index in [1.807, 2.05) is 18.2 Å². The molecule has 1 rings (SSSR count). The Morgan fingerprint density at radius 2 is 2.17 bits per heavy atom. The predicted molar refractivity (Wildman–Crippen MR) is 78.8 cm³/mol. The number of nitriles is 1. The molecule has 1 aromatic carbocycles. The predicted octanol–water partition coefficient (Wildman–Crippen LogP) is 2.70. The van der Waals surface area contributed by atoms with E-state index in [2.05, 4.69) is 41.8 Å². The SMILES string of the molecule is COc1cc(CNC(C)C)cc(I)c1OCC#N. The summed E-state index contributed by atoms with van der Waals surface area (Å²) >= 11 is 2.19. The number of hydrogen-bond donors (Lipinski definition) is 1. The van der Waals surface area contributed by atoms with Gasteiger partial charge in [-0.15, -0.1) is 0 Å². The summed E-state index contributed by atoms with van der Waals surface area (Å²) in [6.45, 7) is 5.01. The Labute approximate surface area is 121 Å². The molecule has 0 fully saturated rings. The van der Waals surface area contributed by atoms with Gasteiger partial charge < -0.3 is 14.8 Å². The summed E-state index contributed by atoms with van der Waals surface area (Å²) in [4.78, 5) is 0. The third kappa shape index (κ3) is 4.35. The minimum atomic E-state index is 0.0238. The summed E-state index contributed by atoms with van der Waals surface area (Å²) in [5.41, 5.74) is 1.13. The topological polar surface area (TPSA) is 54.3 Å². The summed E-state index contributed by atoms with van der Waals surface area (Å²) in [6.07, 6.45) is 0. The maximum Gasteiger partial charge on any atom is 0.176 e. The van der Waals surface area contributed by atoms with Gasteiger partial charge in [-0.2, -0.15) is 5.26 Å². The molecule has 4 nitrogen and oxygen atoms in total. The van der Waals surface area contributed by atoms with Gasteiger partial charge in [0, 0.05) is 12.6 Å². The molecule has 0 saturated heterocycles. The Hall–Kier alpha value is -1.00. The van der Waals surface area contributed by atoms with Crippen molar-refractivity contribution in [2.24, 2.45) is 0 Å². The van der Waals surface area contributed by atoms with Crippen LogP contribution in [0.2, 0.25) is 0 Å². The molecule has 0 amide bonds. The second-order valence-corrected chi connectivity index (χ2v) is 5.25. The summed E-state index contributed by atoms with van der Waals surface area (Å²) in [5, 5.41) is 11.9. The van der Waals surface area contributed by atoms with Crippen molar-refractivity contribution in [1.82, 2.24) is 5.32 Å². The number of methoxy groups -OCH3 is 1. The molecular weight excluding hydrogens is 343 g/mol. The molecule has 0 aromatic heterocycles. The first kappa shape index (κ1) is 15.1. The molecular formula is C13H17IN2O2. The molecule has 0 atom stereocenters. The monoisotopic (exact) mass is 360 g/mol. The molecule has 0 aliphatic rings. The van der Waals surface area contributed by atoms with E-state index < -0.39 is 0 Å². The fraction of sp³-hybridized carbons (Fsp3) is 0.462. The molecule has 0 aliphatic carbocycles. The van der Waals surface area contributed by atoms with Crippen molar-refractivity contribution in [3.05, 3.63) is 21.3 Å². The molecule has 0 aliphatic heterocycles. The molecule has 1 N–H and O–H groups in total. The lowest BCUT2D eigenvalue weighted by Crippen LogP contribution is -2.21. The van der Waals surface area contributed by atoms with Gasteiger partial charge in [0.2, 0.25) is 0 Å². The fourth-order valence-corrected chi connectivity index (χ4v) is 2.26. The van der Waals surface area contributed by atoms with Crippen LogP contribution in [0.25, 0.3) is 0 Å². The number of benzene rings is 1. The summed E-state index contributed by atoms with van der Waals surface area (Å²) in [5.74, 6) is 1.30. The minimum absolute atomic E-state index is 0.0238. The second-order valence-electron chi connectivity index (χ2n) is 4.09. The van der Waals surface area contributed by atoms with Crippen LogP contribution in [0.5, 0.6) is 11.5 Å². The van der Waals surface area contributed by atoms with E-state index in [1.165, 1.54) is 0 Å². The van der Waals surface area contributed by atoms with Crippen LogP contribution in [0.4, 0.5) is 0 Å². The molecule has 1 aromatic rings. The van der Waals surface area contributed by atoms with Crippen molar-refractivity contribution < 1.29 is 9.47 Å². The first-order chi connectivity index (χ1) is 8.58. The zero-order chi connectivity index (χ0) is 13.5. The number of hydrogen-bond acceptors (Lipinski definition) is 4. The zero-order valence-electron chi connectivity index (χ0n) is 10.8. The van der Waals surface area contributed by atoms with Crippen molar-refractivity contribution >= 4 is 22.6 Å². The van der Waals surface area contributed by atoms with E-state index in [4.69, 9.17) is 14.7 Å². The van der Waals surface area contributed by atoms with Gasteiger partial charge in [0.05, 0.1) is 10.7 Å². The Morgan fingerprint density at radius 3 is 2.72 bits per heavy atom.